The second-order valence-corrected chi connectivity index (χ2v) is 4.44. The molecular formula is C13H16O. The van der Waals surface area contributed by atoms with Gasteiger partial charge in [-0.25, -0.2) is 0 Å². The molecule has 0 aromatic carbocycles. The number of allylic oxidation sites excluding steroid dienone is 4. The summed E-state index contributed by atoms with van der Waals surface area (Å²) in [7, 11) is 0. The van der Waals surface area contributed by atoms with Crippen LogP contribution in [0.15, 0.2) is 35.5 Å². The molecule has 0 saturated carbocycles. The summed E-state index contributed by atoms with van der Waals surface area (Å²) in [5.41, 5.74) is 2.95. The topological polar surface area (TPSA) is 12.5 Å². The van der Waals surface area contributed by atoms with E-state index in [1.807, 2.05) is 0 Å². The van der Waals surface area contributed by atoms with Gasteiger partial charge in [-0.05, 0) is 49.0 Å². The number of hydrogen-bond donors (Lipinski definition) is 0. The van der Waals surface area contributed by atoms with Gasteiger partial charge in [0.15, 0.2) is 0 Å². The van der Waals surface area contributed by atoms with Crippen molar-refractivity contribution in [2.24, 2.45) is 0 Å². The first-order valence-electron chi connectivity index (χ1n) is 5.67. The van der Waals surface area contributed by atoms with Crippen LogP contribution >= 0.6 is 0 Å². The normalized spacial score (nSPS) is 39.1. The van der Waals surface area contributed by atoms with Gasteiger partial charge in [0, 0.05) is 0 Å². The molecule has 2 atom stereocenters. The Morgan fingerprint density at radius 1 is 0.857 bits per heavy atom. The highest BCUT2D eigenvalue weighted by Crippen LogP contribution is 2.32. The second kappa shape index (κ2) is 3.39. The van der Waals surface area contributed by atoms with E-state index >= 15 is 0 Å². The Hall–Kier alpha value is -0.820. The molecule has 3 aliphatic rings. The van der Waals surface area contributed by atoms with Crippen molar-refractivity contribution in [3.05, 3.63) is 35.5 Å². The first-order valence-corrected chi connectivity index (χ1v) is 5.67. The lowest BCUT2D eigenvalue weighted by Crippen LogP contribution is -1.92. The Bertz CT molecular complexity index is 292. The molecule has 1 heteroatoms. The van der Waals surface area contributed by atoms with E-state index in [-0.39, 0.29) is 0 Å². The number of rotatable bonds is 0. The van der Waals surface area contributed by atoms with Crippen molar-refractivity contribution in [3.63, 3.8) is 0 Å². The van der Waals surface area contributed by atoms with Gasteiger partial charge in [0.25, 0.3) is 0 Å². The van der Waals surface area contributed by atoms with Gasteiger partial charge in [0.2, 0.25) is 0 Å². The SMILES string of the molecule is C1=C/C2=C/C3OC3C=C1CCCCC2. The minimum absolute atomic E-state index is 0.392. The van der Waals surface area contributed by atoms with Crippen LogP contribution in [0.4, 0.5) is 0 Å². The summed E-state index contributed by atoms with van der Waals surface area (Å²) in [6.45, 7) is 0. The quantitative estimate of drug-likeness (QED) is 0.532. The molecule has 1 heterocycles. The van der Waals surface area contributed by atoms with Crippen molar-refractivity contribution in [1.82, 2.24) is 0 Å². The summed E-state index contributed by atoms with van der Waals surface area (Å²) >= 11 is 0. The van der Waals surface area contributed by atoms with E-state index in [4.69, 9.17) is 4.74 Å². The van der Waals surface area contributed by atoms with Crippen molar-refractivity contribution < 1.29 is 4.74 Å². The van der Waals surface area contributed by atoms with Crippen LogP contribution in [0.3, 0.4) is 0 Å². The Labute approximate surface area is 85.1 Å². The monoisotopic (exact) mass is 188 g/mol. The first kappa shape index (κ1) is 8.49. The van der Waals surface area contributed by atoms with Gasteiger partial charge in [-0.15, -0.1) is 0 Å². The standard InChI is InChI=1S/C13H16O/c1-2-4-10-6-7-11(5-3-1)9-13-12(8-10)14-13/h6-9,12-13H,1-5H2/b7-6?,10-8+,11-9?. The predicted molar refractivity (Wildman–Crippen MR) is 57.1 cm³/mol. The molecule has 0 radical (unpaired) electrons. The van der Waals surface area contributed by atoms with Crippen LogP contribution < -0.4 is 0 Å². The molecule has 2 aliphatic carbocycles. The van der Waals surface area contributed by atoms with Crippen LogP contribution in [0.1, 0.15) is 32.1 Å². The summed E-state index contributed by atoms with van der Waals surface area (Å²) in [6, 6.07) is 0. The third-order valence-corrected chi connectivity index (χ3v) is 3.26. The molecule has 1 saturated heterocycles. The number of fused-ring (bicyclic) bond motifs is 3. The van der Waals surface area contributed by atoms with Gasteiger partial charge in [0.05, 0.1) is 0 Å². The van der Waals surface area contributed by atoms with Gasteiger partial charge in [-0.2, -0.15) is 0 Å². The molecule has 2 unspecified atom stereocenters. The Morgan fingerprint density at radius 3 is 2.00 bits per heavy atom. The smallest absolute Gasteiger partial charge is 0.107 e. The zero-order valence-electron chi connectivity index (χ0n) is 8.41. The molecule has 0 amide bonds. The Balaban J connectivity index is 1.94. The predicted octanol–water partition coefficient (Wildman–Crippen LogP) is 3.14. The van der Waals surface area contributed by atoms with E-state index in [9.17, 15) is 0 Å². The summed E-state index contributed by atoms with van der Waals surface area (Å²) in [5.74, 6) is 0. The van der Waals surface area contributed by atoms with Crippen molar-refractivity contribution >= 4 is 0 Å². The third kappa shape index (κ3) is 1.69. The minimum Gasteiger partial charge on any atom is -0.361 e. The molecule has 1 fully saturated rings. The number of hydrogen-bond acceptors (Lipinski definition) is 1. The van der Waals surface area contributed by atoms with Gasteiger partial charge < -0.3 is 4.74 Å². The summed E-state index contributed by atoms with van der Waals surface area (Å²) < 4.78 is 5.58. The van der Waals surface area contributed by atoms with Crippen LogP contribution in [0.2, 0.25) is 0 Å². The average Bonchev–Trinajstić information content (AvgIpc) is 2.81. The zero-order valence-corrected chi connectivity index (χ0v) is 8.41. The van der Waals surface area contributed by atoms with Crippen molar-refractivity contribution in [2.75, 3.05) is 0 Å². The lowest BCUT2D eigenvalue weighted by atomic mass is 10.0. The van der Waals surface area contributed by atoms with E-state index in [1.54, 1.807) is 0 Å². The van der Waals surface area contributed by atoms with E-state index in [2.05, 4.69) is 24.3 Å². The molecule has 3 rings (SSSR count). The maximum atomic E-state index is 5.58. The summed E-state index contributed by atoms with van der Waals surface area (Å²) in [5, 5.41) is 0. The van der Waals surface area contributed by atoms with Gasteiger partial charge >= 0.3 is 0 Å². The first-order chi connectivity index (χ1) is 6.92. The van der Waals surface area contributed by atoms with Gasteiger partial charge in [-0.1, -0.05) is 18.6 Å². The fourth-order valence-corrected chi connectivity index (χ4v) is 2.32. The maximum Gasteiger partial charge on any atom is 0.107 e. The largest absolute Gasteiger partial charge is 0.361 e. The zero-order chi connectivity index (χ0) is 9.38. The fraction of sp³-hybridized carbons (Fsp3) is 0.538. The molecule has 0 aromatic heterocycles. The van der Waals surface area contributed by atoms with E-state index in [1.165, 1.54) is 43.3 Å². The lowest BCUT2D eigenvalue weighted by Gasteiger charge is -2.01. The molecule has 1 aliphatic heterocycles. The average molecular weight is 188 g/mol. The Kier molecular flexibility index (Phi) is 2.06. The molecule has 0 N–H and O–H groups in total. The lowest BCUT2D eigenvalue weighted by molar-refractivity contribution is 0.412. The van der Waals surface area contributed by atoms with E-state index in [0.717, 1.165) is 0 Å². The Morgan fingerprint density at radius 2 is 1.43 bits per heavy atom. The third-order valence-electron chi connectivity index (χ3n) is 3.26. The van der Waals surface area contributed by atoms with Crippen LogP contribution in [-0.4, -0.2) is 12.2 Å². The van der Waals surface area contributed by atoms with Crippen LogP contribution in [0, 0.1) is 0 Å². The molecule has 2 bridgehead atoms. The molecule has 74 valence electrons. The summed E-state index contributed by atoms with van der Waals surface area (Å²) in [6.07, 6.45) is 16.5. The van der Waals surface area contributed by atoms with Crippen LogP contribution in [-0.2, 0) is 4.74 Å². The second-order valence-electron chi connectivity index (χ2n) is 4.44. The van der Waals surface area contributed by atoms with Crippen LogP contribution in [0.25, 0.3) is 0 Å². The van der Waals surface area contributed by atoms with Crippen molar-refractivity contribution in [3.8, 4) is 0 Å². The summed E-state index contributed by atoms with van der Waals surface area (Å²) in [4.78, 5) is 0. The van der Waals surface area contributed by atoms with Crippen LogP contribution in [0.5, 0.6) is 0 Å². The minimum atomic E-state index is 0.392. The molecule has 1 nitrogen and oxygen atoms in total. The molecule has 0 spiro atoms. The highest BCUT2D eigenvalue weighted by molar-refractivity contribution is 5.35. The fourth-order valence-electron chi connectivity index (χ4n) is 2.32. The molecule has 0 aromatic rings. The van der Waals surface area contributed by atoms with Gasteiger partial charge in [0.1, 0.15) is 12.2 Å². The van der Waals surface area contributed by atoms with E-state index in [0.29, 0.717) is 12.2 Å². The number of epoxide rings is 1. The van der Waals surface area contributed by atoms with Crippen molar-refractivity contribution in [2.45, 2.75) is 44.3 Å². The highest BCUT2D eigenvalue weighted by Gasteiger charge is 2.35. The van der Waals surface area contributed by atoms with Gasteiger partial charge in [-0.3, -0.25) is 0 Å². The van der Waals surface area contributed by atoms with E-state index < -0.39 is 0 Å². The number of ether oxygens (including phenoxy) is 1. The molecular weight excluding hydrogens is 172 g/mol. The maximum absolute atomic E-state index is 5.58. The van der Waals surface area contributed by atoms with Crippen molar-refractivity contribution in [1.29, 1.82) is 0 Å². The highest BCUT2D eigenvalue weighted by atomic mass is 16.6. The molecule has 14 heavy (non-hydrogen) atoms.